The summed E-state index contributed by atoms with van der Waals surface area (Å²) in [4.78, 5) is 14.0. The van der Waals surface area contributed by atoms with Gasteiger partial charge in [-0.25, -0.2) is 4.79 Å². The molecular formula is C17H18N2O2. The van der Waals surface area contributed by atoms with Crippen molar-refractivity contribution in [3.63, 3.8) is 0 Å². The summed E-state index contributed by atoms with van der Waals surface area (Å²) >= 11 is 0. The molecule has 4 nitrogen and oxygen atoms in total. The fraction of sp³-hybridized carbons (Fsp3) is 0.235. The third-order valence-electron chi connectivity index (χ3n) is 3.70. The van der Waals surface area contributed by atoms with Gasteiger partial charge < -0.3 is 10.1 Å². The number of urea groups is 1. The number of ether oxygens (including phenoxy) is 1. The Morgan fingerprint density at radius 1 is 1.14 bits per heavy atom. The highest BCUT2D eigenvalue weighted by atomic mass is 16.5. The lowest BCUT2D eigenvalue weighted by atomic mass is 10.0. The third-order valence-corrected chi connectivity index (χ3v) is 3.70. The lowest BCUT2D eigenvalue weighted by Gasteiger charge is -2.28. The van der Waals surface area contributed by atoms with Crippen LogP contribution in [-0.2, 0) is 0 Å². The number of amides is 2. The number of anilines is 1. The second kappa shape index (κ2) is 5.87. The van der Waals surface area contributed by atoms with Gasteiger partial charge in [-0.2, -0.15) is 0 Å². The fourth-order valence-electron chi connectivity index (χ4n) is 2.51. The van der Waals surface area contributed by atoms with Gasteiger partial charge in [-0.15, -0.1) is 0 Å². The molecule has 0 saturated carbocycles. The summed E-state index contributed by atoms with van der Waals surface area (Å²) < 4.78 is 5.62. The molecule has 4 heteroatoms. The monoisotopic (exact) mass is 282 g/mol. The zero-order valence-electron chi connectivity index (χ0n) is 12.0. The van der Waals surface area contributed by atoms with E-state index in [9.17, 15) is 4.79 Å². The van der Waals surface area contributed by atoms with E-state index in [2.05, 4.69) is 5.32 Å². The number of carbonyl (C=O) groups excluding carboxylic acids is 1. The van der Waals surface area contributed by atoms with Crippen LogP contribution in [0.4, 0.5) is 10.5 Å². The van der Waals surface area contributed by atoms with Gasteiger partial charge in [-0.05, 0) is 18.2 Å². The number of hydrogen-bond acceptors (Lipinski definition) is 2. The van der Waals surface area contributed by atoms with Crippen LogP contribution in [0.2, 0.25) is 0 Å². The molecule has 0 aliphatic carbocycles. The third kappa shape index (κ3) is 2.84. The molecule has 2 aromatic carbocycles. The molecule has 1 aliphatic rings. The molecule has 1 heterocycles. The number of fused-ring (bicyclic) bond motifs is 1. The van der Waals surface area contributed by atoms with Crippen LogP contribution in [0, 0.1) is 0 Å². The van der Waals surface area contributed by atoms with E-state index in [1.54, 1.807) is 11.9 Å². The topological polar surface area (TPSA) is 41.6 Å². The van der Waals surface area contributed by atoms with Gasteiger partial charge in [0.25, 0.3) is 0 Å². The van der Waals surface area contributed by atoms with Gasteiger partial charge in [0.2, 0.25) is 0 Å². The van der Waals surface area contributed by atoms with E-state index in [0.29, 0.717) is 6.61 Å². The molecule has 0 radical (unpaired) electrons. The highest BCUT2D eigenvalue weighted by Crippen LogP contribution is 2.31. The molecule has 2 amide bonds. The highest BCUT2D eigenvalue weighted by Gasteiger charge is 2.24. The van der Waals surface area contributed by atoms with Crippen molar-refractivity contribution >= 4 is 11.7 Å². The quantitative estimate of drug-likeness (QED) is 0.917. The summed E-state index contributed by atoms with van der Waals surface area (Å²) in [6.07, 6.45) is 0.783. The zero-order valence-corrected chi connectivity index (χ0v) is 12.0. The first-order chi connectivity index (χ1) is 10.3. The Hall–Kier alpha value is -2.49. The molecule has 0 spiro atoms. The maximum atomic E-state index is 12.4. The molecule has 1 N–H and O–H groups in total. The summed E-state index contributed by atoms with van der Waals surface area (Å²) in [5.41, 5.74) is 1.91. The Balaban J connectivity index is 1.74. The minimum absolute atomic E-state index is 0.00591. The summed E-state index contributed by atoms with van der Waals surface area (Å²) in [6.45, 7) is 0.622. The van der Waals surface area contributed by atoms with Crippen LogP contribution in [0.15, 0.2) is 54.6 Å². The molecule has 0 saturated heterocycles. The Kier molecular flexibility index (Phi) is 3.77. The first-order valence-corrected chi connectivity index (χ1v) is 7.06. The van der Waals surface area contributed by atoms with Gasteiger partial charge in [0.15, 0.2) is 0 Å². The molecular weight excluding hydrogens is 264 g/mol. The fourth-order valence-corrected chi connectivity index (χ4v) is 2.51. The molecule has 0 bridgehead atoms. The molecule has 108 valence electrons. The average Bonchev–Trinajstić information content (AvgIpc) is 2.55. The summed E-state index contributed by atoms with van der Waals surface area (Å²) in [6, 6.07) is 17.3. The number of hydrogen-bond donors (Lipinski definition) is 1. The maximum absolute atomic E-state index is 12.4. The second-order valence-corrected chi connectivity index (χ2v) is 5.07. The van der Waals surface area contributed by atoms with Crippen molar-refractivity contribution in [2.45, 2.75) is 12.5 Å². The van der Waals surface area contributed by atoms with Crippen molar-refractivity contribution in [1.82, 2.24) is 5.32 Å². The number of nitrogens with one attached hydrogen (secondary N) is 1. The standard InChI is InChI=1S/C17H18N2O2/c1-19(13-7-3-2-4-8-13)17(20)18-15-11-12-21-16-10-6-5-9-14(15)16/h2-10,15H,11-12H2,1H3,(H,18,20). The van der Waals surface area contributed by atoms with Crippen LogP contribution in [0.3, 0.4) is 0 Å². The van der Waals surface area contributed by atoms with Crippen LogP contribution in [-0.4, -0.2) is 19.7 Å². The molecule has 21 heavy (non-hydrogen) atoms. The van der Waals surface area contributed by atoms with Crippen LogP contribution in [0.1, 0.15) is 18.0 Å². The lowest BCUT2D eigenvalue weighted by molar-refractivity contribution is 0.229. The minimum Gasteiger partial charge on any atom is -0.493 e. The van der Waals surface area contributed by atoms with Gasteiger partial charge in [0, 0.05) is 24.7 Å². The van der Waals surface area contributed by atoms with Gasteiger partial charge in [-0.3, -0.25) is 4.90 Å². The normalized spacial score (nSPS) is 16.5. The number of para-hydroxylation sites is 2. The predicted molar refractivity (Wildman–Crippen MR) is 82.7 cm³/mol. The second-order valence-electron chi connectivity index (χ2n) is 5.07. The molecule has 2 aromatic rings. The molecule has 1 unspecified atom stereocenters. The van der Waals surface area contributed by atoms with Gasteiger partial charge >= 0.3 is 6.03 Å². The van der Waals surface area contributed by atoms with E-state index in [4.69, 9.17) is 4.74 Å². The van der Waals surface area contributed by atoms with Crippen LogP contribution in [0.5, 0.6) is 5.75 Å². The first kappa shape index (κ1) is 13.5. The van der Waals surface area contributed by atoms with Crippen molar-refractivity contribution in [3.05, 3.63) is 60.2 Å². The Morgan fingerprint density at radius 2 is 1.86 bits per heavy atom. The van der Waals surface area contributed by atoms with E-state index in [-0.39, 0.29) is 12.1 Å². The molecule has 1 atom stereocenters. The van der Waals surface area contributed by atoms with Crippen molar-refractivity contribution in [2.24, 2.45) is 0 Å². The van der Waals surface area contributed by atoms with E-state index in [1.807, 2.05) is 54.6 Å². The average molecular weight is 282 g/mol. The number of rotatable bonds is 2. The van der Waals surface area contributed by atoms with E-state index >= 15 is 0 Å². The summed E-state index contributed by atoms with van der Waals surface area (Å²) in [5.74, 6) is 0.858. The molecule has 0 fully saturated rings. The van der Waals surface area contributed by atoms with E-state index in [0.717, 1.165) is 23.4 Å². The maximum Gasteiger partial charge on any atom is 0.322 e. The van der Waals surface area contributed by atoms with Crippen LogP contribution in [0.25, 0.3) is 0 Å². The highest BCUT2D eigenvalue weighted by molar-refractivity contribution is 5.91. The largest absolute Gasteiger partial charge is 0.493 e. The van der Waals surface area contributed by atoms with Gasteiger partial charge in [0.05, 0.1) is 12.6 Å². The number of benzene rings is 2. The number of nitrogens with zero attached hydrogens (tertiary/aromatic N) is 1. The Bertz CT molecular complexity index is 628. The van der Waals surface area contributed by atoms with Crippen molar-refractivity contribution in [1.29, 1.82) is 0 Å². The smallest absolute Gasteiger partial charge is 0.322 e. The number of carbonyl (C=O) groups is 1. The predicted octanol–water partition coefficient (Wildman–Crippen LogP) is 3.36. The van der Waals surface area contributed by atoms with E-state index in [1.165, 1.54) is 0 Å². The molecule has 1 aliphatic heterocycles. The zero-order chi connectivity index (χ0) is 14.7. The Labute approximate surface area is 124 Å². The van der Waals surface area contributed by atoms with Gasteiger partial charge in [0.1, 0.15) is 5.75 Å². The van der Waals surface area contributed by atoms with Gasteiger partial charge in [-0.1, -0.05) is 36.4 Å². The summed E-state index contributed by atoms with van der Waals surface area (Å²) in [5, 5.41) is 3.08. The summed E-state index contributed by atoms with van der Waals surface area (Å²) in [7, 11) is 1.77. The SMILES string of the molecule is CN(C(=O)NC1CCOc2ccccc21)c1ccccc1. The van der Waals surface area contributed by atoms with Crippen LogP contribution >= 0.6 is 0 Å². The van der Waals surface area contributed by atoms with E-state index < -0.39 is 0 Å². The lowest BCUT2D eigenvalue weighted by Crippen LogP contribution is -2.40. The van der Waals surface area contributed by atoms with Crippen molar-refractivity contribution < 1.29 is 9.53 Å². The van der Waals surface area contributed by atoms with Crippen molar-refractivity contribution in [3.8, 4) is 5.75 Å². The Morgan fingerprint density at radius 3 is 2.67 bits per heavy atom. The van der Waals surface area contributed by atoms with Crippen LogP contribution < -0.4 is 15.0 Å². The van der Waals surface area contributed by atoms with Crippen molar-refractivity contribution in [2.75, 3.05) is 18.6 Å². The minimum atomic E-state index is -0.108. The molecule has 0 aromatic heterocycles. The molecule has 3 rings (SSSR count). The first-order valence-electron chi connectivity index (χ1n) is 7.06.